The van der Waals surface area contributed by atoms with E-state index in [0.29, 0.717) is 37.9 Å². The molecule has 1 atom stereocenters. The Kier molecular flexibility index (Phi) is 7.43. The summed E-state index contributed by atoms with van der Waals surface area (Å²) in [6.07, 6.45) is 5.60. The van der Waals surface area contributed by atoms with E-state index in [-0.39, 0.29) is 11.8 Å². The fourth-order valence-corrected chi connectivity index (χ4v) is 4.58. The summed E-state index contributed by atoms with van der Waals surface area (Å²) in [5.74, 6) is 0.662. The maximum Gasteiger partial charge on any atom is 0.245 e. The van der Waals surface area contributed by atoms with Crippen LogP contribution >= 0.6 is 11.6 Å². The third-order valence-corrected chi connectivity index (χ3v) is 6.49. The van der Waals surface area contributed by atoms with Crippen LogP contribution in [0.5, 0.6) is 0 Å². The van der Waals surface area contributed by atoms with Crippen LogP contribution in [-0.2, 0) is 4.74 Å². The summed E-state index contributed by atoms with van der Waals surface area (Å²) < 4.78 is 19.5. The summed E-state index contributed by atoms with van der Waals surface area (Å²) in [5.41, 5.74) is 6.18. The number of halogens is 2. The van der Waals surface area contributed by atoms with Gasteiger partial charge in [0, 0.05) is 31.9 Å². The summed E-state index contributed by atoms with van der Waals surface area (Å²) in [7, 11) is 0. The molecule has 2 saturated heterocycles. The molecule has 3 aromatic rings. The average molecular weight is 511 g/mol. The third kappa shape index (κ3) is 5.83. The van der Waals surface area contributed by atoms with Crippen molar-refractivity contribution in [2.75, 3.05) is 59.9 Å². The van der Waals surface area contributed by atoms with E-state index in [2.05, 4.69) is 48.7 Å². The number of hydrogen-bond acceptors (Lipinski definition) is 9. The second kappa shape index (κ2) is 11.0. The highest BCUT2D eigenvalue weighted by molar-refractivity contribution is 6.33. The molecule has 36 heavy (non-hydrogen) atoms. The standard InChI is InChI=1S/C25H28ClFN8O/c1-17-6-7-35(16-17)23-5-4-18(12-21(23)26)31-20-3-2-19(28-13-20)14-30-33-25-29-15-22(27)24(32-25)34-8-10-36-11-9-34/h2-5,12-15,17,31H,6-11,16H2,1H3,(H,29,32,33)/b30-14+. The van der Waals surface area contributed by atoms with Crippen LogP contribution in [0.15, 0.2) is 47.8 Å². The summed E-state index contributed by atoms with van der Waals surface area (Å²) in [5, 5.41) is 8.20. The highest BCUT2D eigenvalue weighted by Gasteiger charge is 2.21. The topological polar surface area (TPSA) is 90.8 Å². The van der Waals surface area contributed by atoms with Crippen LogP contribution in [-0.4, -0.2) is 60.6 Å². The van der Waals surface area contributed by atoms with Gasteiger partial charge in [-0.1, -0.05) is 18.5 Å². The van der Waals surface area contributed by atoms with Crippen LogP contribution in [0.1, 0.15) is 19.0 Å². The summed E-state index contributed by atoms with van der Waals surface area (Å²) in [4.78, 5) is 16.8. The minimum Gasteiger partial charge on any atom is -0.378 e. The fraction of sp³-hybridized carbons (Fsp3) is 0.360. The molecule has 2 N–H and O–H groups in total. The van der Waals surface area contributed by atoms with Gasteiger partial charge in [0.1, 0.15) is 0 Å². The fourth-order valence-electron chi connectivity index (χ4n) is 4.28. The van der Waals surface area contributed by atoms with E-state index in [1.54, 1.807) is 12.4 Å². The van der Waals surface area contributed by atoms with Gasteiger partial charge in [0.25, 0.3) is 0 Å². The molecule has 9 nitrogen and oxygen atoms in total. The first kappa shape index (κ1) is 24.2. The Balaban J connectivity index is 1.18. The highest BCUT2D eigenvalue weighted by Crippen LogP contribution is 2.33. The number of rotatable bonds is 7. The molecular weight excluding hydrogens is 483 g/mol. The van der Waals surface area contributed by atoms with Gasteiger partial charge in [0.15, 0.2) is 11.6 Å². The van der Waals surface area contributed by atoms with E-state index >= 15 is 0 Å². The number of ether oxygens (including phenoxy) is 1. The molecule has 5 rings (SSSR count). The molecule has 0 radical (unpaired) electrons. The van der Waals surface area contributed by atoms with Gasteiger partial charge in [-0.05, 0) is 42.7 Å². The largest absolute Gasteiger partial charge is 0.378 e. The lowest BCUT2D eigenvalue weighted by Gasteiger charge is -2.27. The molecular formula is C25H28ClFN8O. The van der Waals surface area contributed by atoms with Gasteiger partial charge in [-0.2, -0.15) is 10.1 Å². The minimum absolute atomic E-state index is 0.205. The Morgan fingerprint density at radius 3 is 2.64 bits per heavy atom. The molecule has 1 aromatic carbocycles. The van der Waals surface area contributed by atoms with Gasteiger partial charge in [0.05, 0.1) is 53.9 Å². The Bertz CT molecular complexity index is 1220. The van der Waals surface area contributed by atoms with Crippen molar-refractivity contribution in [1.29, 1.82) is 0 Å². The quantitative estimate of drug-likeness (QED) is 0.354. The van der Waals surface area contributed by atoms with Crippen molar-refractivity contribution in [2.24, 2.45) is 11.0 Å². The maximum absolute atomic E-state index is 14.2. The Morgan fingerprint density at radius 1 is 1.08 bits per heavy atom. The molecule has 2 aliphatic heterocycles. The first-order chi connectivity index (χ1) is 17.5. The molecule has 2 aliphatic rings. The molecule has 11 heteroatoms. The molecule has 0 amide bonds. The summed E-state index contributed by atoms with van der Waals surface area (Å²) >= 11 is 6.56. The molecule has 0 saturated carbocycles. The lowest BCUT2D eigenvalue weighted by atomic mass is 10.2. The van der Waals surface area contributed by atoms with Gasteiger partial charge < -0.3 is 19.9 Å². The van der Waals surface area contributed by atoms with Crippen LogP contribution in [0.25, 0.3) is 0 Å². The van der Waals surface area contributed by atoms with E-state index in [1.165, 1.54) is 6.42 Å². The Labute approximate surface area is 214 Å². The molecule has 0 bridgehead atoms. The number of morpholine rings is 1. The number of aromatic nitrogens is 3. The van der Waals surface area contributed by atoms with Crippen molar-refractivity contribution in [2.45, 2.75) is 13.3 Å². The minimum atomic E-state index is -0.474. The second-order valence-corrected chi connectivity index (χ2v) is 9.34. The molecule has 0 spiro atoms. The average Bonchev–Trinajstić information content (AvgIpc) is 3.32. The molecule has 1 unspecified atom stereocenters. The van der Waals surface area contributed by atoms with Gasteiger partial charge >= 0.3 is 0 Å². The van der Waals surface area contributed by atoms with Crippen molar-refractivity contribution in [3.63, 3.8) is 0 Å². The summed E-state index contributed by atoms with van der Waals surface area (Å²) in [6, 6.07) is 9.76. The van der Waals surface area contributed by atoms with Crippen LogP contribution in [0.2, 0.25) is 5.02 Å². The van der Waals surface area contributed by atoms with Gasteiger partial charge in [-0.25, -0.2) is 14.8 Å². The third-order valence-electron chi connectivity index (χ3n) is 6.18. The zero-order valence-electron chi connectivity index (χ0n) is 20.0. The predicted molar refractivity (Wildman–Crippen MR) is 141 cm³/mol. The highest BCUT2D eigenvalue weighted by atomic mass is 35.5. The number of nitrogens with one attached hydrogen (secondary N) is 2. The first-order valence-corrected chi connectivity index (χ1v) is 12.3. The molecule has 4 heterocycles. The lowest BCUT2D eigenvalue weighted by Crippen LogP contribution is -2.37. The zero-order chi connectivity index (χ0) is 24.9. The number of anilines is 5. The van der Waals surface area contributed by atoms with Crippen molar-refractivity contribution in [1.82, 2.24) is 15.0 Å². The first-order valence-electron chi connectivity index (χ1n) is 12.0. The van der Waals surface area contributed by atoms with Crippen LogP contribution in [0.4, 0.5) is 33.2 Å². The molecule has 188 valence electrons. The van der Waals surface area contributed by atoms with Gasteiger partial charge in [-0.15, -0.1) is 0 Å². The normalized spacial score (nSPS) is 18.1. The number of pyridine rings is 1. The van der Waals surface area contributed by atoms with Crippen molar-refractivity contribution in [3.05, 3.63) is 59.3 Å². The molecule has 0 aliphatic carbocycles. The monoisotopic (exact) mass is 510 g/mol. The Hall–Kier alpha value is -3.50. The van der Waals surface area contributed by atoms with Crippen LogP contribution < -0.4 is 20.5 Å². The van der Waals surface area contributed by atoms with Crippen LogP contribution in [0.3, 0.4) is 0 Å². The Morgan fingerprint density at radius 2 is 1.92 bits per heavy atom. The van der Waals surface area contributed by atoms with Crippen LogP contribution in [0, 0.1) is 11.7 Å². The van der Waals surface area contributed by atoms with E-state index in [0.717, 1.165) is 41.4 Å². The van der Waals surface area contributed by atoms with E-state index in [1.807, 2.05) is 29.2 Å². The SMILES string of the molecule is CC1CCN(c2ccc(Nc3ccc(/C=N/Nc4ncc(F)c(N5CCOCC5)n4)nc3)cc2Cl)C1. The number of nitrogens with zero attached hydrogens (tertiary/aromatic N) is 6. The van der Waals surface area contributed by atoms with Crippen molar-refractivity contribution in [3.8, 4) is 0 Å². The smallest absolute Gasteiger partial charge is 0.245 e. The van der Waals surface area contributed by atoms with Crippen molar-refractivity contribution >= 4 is 46.6 Å². The second-order valence-electron chi connectivity index (χ2n) is 8.94. The van der Waals surface area contributed by atoms with E-state index in [9.17, 15) is 4.39 Å². The van der Waals surface area contributed by atoms with Gasteiger partial charge in [0.2, 0.25) is 5.95 Å². The number of benzene rings is 1. The predicted octanol–water partition coefficient (Wildman–Crippen LogP) is 4.54. The zero-order valence-corrected chi connectivity index (χ0v) is 20.7. The lowest BCUT2D eigenvalue weighted by molar-refractivity contribution is 0.122. The molecule has 2 aromatic heterocycles. The maximum atomic E-state index is 14.2. The van der Waals surface area contributed by atoms with E-state index < -0.39 is 5.82 Å². The number of hydrogen-bond donors (Lipinski definition) is 2. The van der Waals surface area contributed by atoms with Crippen molar-refractivity contribution < 1.29 is 9.13 Å². The molecule has 2 fully saturated rings. The van der Waals surface area contributed by atoms with E-state index in [4.69, 9.17) is 16.3 Å². The van der Waals surface area contributed by atoms with Gasteiger partial charge in [-0.3, -0.25) is 4.98 Å². The summed E-state index contributed by atoms with van der Waals surface area (Å²) in [6.45, 7) is 6.58. The number of hydrazone groups is 1.